The smallest absolute Gasteiger partial charge is 0.234 e. The highest BCUT2D eigenvalue weighted by Gasteiger charge is 2.07. The molecule has 1 amide bonds. The van der Waals surface area contributed by atoms with Crippen molar-refractivity contribution in [3.8, 4) is 0 Å². The first-order valence-electron chi connectivity index (χ1n) is 7.64. The minimum Gasteiger partial charge on any atom is -0.325 e. The van der Waals surface area contributed by atoms with Crippen LogP contribution in [-0.2, 0) is 10.5 Å². The van der Waals surface area contributed by atoms with Gasteiger partial charge in [-0.1, -0.05) is 54.6 Å². The number of carbonyl (C=O) groups excluding carboxylic acids is 1. The molecule has 1 N–H and O–H groups in total. The first-order valence-corrected chi connectivity index (χ1v) is 8.79. The zero-order valence-corrected chi connectivity index (χ0v) is 13.9. The van der Waals surface area contributed by atoms with Gasteiger partial charge >= 0.3 is 0 Å². The molecule has 0 heterocycles. The van der Waals surface area contributed by atoms with Gasteiger partial charge in [0.2, 0.25) is 5.91 Å². The molecule has 116 valence electrons. The number of nitrogens with one attached hydrogen (secondary N) is 1. The minimum atomic E-state index is 0.0408. The molecule has 2 nitrogen and oxygen atoms in total. The molecule has 0 spiro atoms. The van der Waals surface area contributed by atoms with Gasteiger partial charge in [0.1, 0.15) is 0 Å². The molecule has 0 bridgehead atoms. The lowest BCUT2D eigenvalue weighted by molar-refractivity contribution is -0.113. The molecular weight excluding hydrogens is 302 g/mol. The van der Waals surface area contributed by atoms with Crippen molar-refractivity contribution in [1.82, 2.24) is 0 Å². The summed E-state index contributed by atoms with van der Waals surface area (Å²) in [6, 6.07) is 22.3. The maximum Gasteiger partial charge on any atom is 0.234 e. The summed E-state index contributed by atoms with van der Waals surface area (Å²) in [6.45, 7) is 2.13. The highest BCUT2D eigenvalue weighted by atomic mass is 32.2. The van der Waals surface area contributed by atoms with Crippen molar-refractivity contribution >= 4 is 34.1 Å². The van der Waals surface area contributed by atoms with Crippen LogP contribution in [0, 0.1) is 6.92 Å². The summed E-state index contributed by atoms with van der Waals surface area (Å²) in [7, 11) is 0. The van der Waals surface area contributed by atoms with Gasteiger partial charge in [-0.15, -0.1) is 11.8 Å². The number of aryl methyl sites for hydroxylation is 1. The predicted octanol–water partition coefficient (Wildman–Crippen LogP) is 5.02. The Labute approximate surface area is 140 Å². The van der Waals surface area contributed by atoms with Gasteiger partial charge < -0.3 is 5.32 Å². The van der Waals surface area contributed by atoms with Crippen LogP contribution in [0.15, 0.2) is 66.7 Å². The Morgan fingerprint density at radius 1 is 0.957 bits per heavy atom. The summed E-state index contributed by atoms with van der Waals surface area (Å²) in [5.41, 5.74) is 3.44. The van der Waals surface area contributed by atoms with E-state index >= 15 is 0 Å². The molecule has 3 aromatic rings. The zero-order chi connectivity index (χ0) is 16.1. The minimum absolute atomic E-state index is 0.0408. The van der Waals surface area contributed by atoms with Crippen LogP contribution in [0.5, 0.6) is 0 Å². The Bertz CT molecular complexity index is 814. The van der Waals surface area contributed by atoms with Crippen LogP contribution >= 0.6 is 11.8 Å². The van der Waals surface area contributed by atoms with Gasteiger partial charge in [0.05, 0.1) is 5.75 Å². The normalized spacial score (nSPS) is 10.7. The fraction of sp³-hybridized carbons (Fsp3) is 0.150. The average Bonchev–Trinajstić information content (AvgIpc) is 2.58. The molecule has 3 rings (SSSR count). The summed E-state index contributed by atoms with van der Waals surface area (Å²) in [6.07, 6.45) is 0. The van der Waals surface area contributed by atoms with Crippen molar-refractivity contribution in [3.63, 3.8) is 0 Å². The van der Waals surface area contributed by atoms with E-state index < -0.39 is 0 Å². The van der Waals surface area contributed by atoms with Gasteiger partial charge in [0.15, 0.2) is 0 Å². The van der Waals surface area contributed by atoms with E-state index in [2.05, 4.69) is 48.6 Å². The fourth-order valence-corrected chi connectivity index (χ4v) is 3.55. The van der Waals surface area contributed by atoms with E-state index in [1.54, 1.807) is 11.8 Å². The predicted molar refractivity (Wildman–Crippen MR) is 99.9 cm³/mol. The topological polar surface area (TPSA) is 29.1 Å². The quantitative estimate of drug-likeness (QED) is 0.715. The van der Waals surface area contributed by atoms with Crippen LogP contribution in [0.25, 0.3) is 10.8 Å². The van der Waals surface area contributed by atoms with E-state index in [0.29, 0.717) is 5.75 Å². The van der Waals surface area contributed by atoms with E-state index in [9.17, 15) is 4.79 Å². The number of hydrogen-bond acceptors (Lipinski definition) is 2. The number of carbonyl (C=O) groups is 1. The number of rotatable bonds is 5. The monoisotopic (exact) mass is 321 g/mol. The van der Waals surface area contributed by atoms with Crippen LogP contribution in [0.3, 0.4) is 0 Å². The first-order chi connectivity index (χ1) is 11.2. The van der Waals surface area contributed by atoms with E-state index in [1.165, 1.54) is 21.9 Å². The van der Waals surface area contributed by atoms with Gasteiger partial charge in [0, 0.05) is 11.4 Å². The molecule has 0 aromatic heterocycles. The van der Waals surface area contributed by atoms with Gasteiger partial charge in [-0.05, 0) is 41.0 Å². The van der Waals surface area contributed by atoms with Gasteiger partial charge in [-0.2, -0.15) is 0 Å². The van der Waals surface area contributed by atoms with Crippen LogP contribution < -0.4 is 5.32 Å². The highest BCUT2D eigenvalue weighted by Crippen LogP contribution is 2.26. The lowest BCUT2D eigenvalue weighted by Crippen LogP contribution is -2.14. The lowest BCUT2D eigenvalue weighted by Gasteiger charge is -2.10. The molecule has 3 aromatic carbocycles. The number of anilines is 1. The van der Waals surface area contributed by atoms with Crippen LogP contribution in [0.2, 0.25) is 0 Å². The lowest BCUT2D eigenvalue weighted by atomic mass is 10.0. The molecule has 0 saturated carbocycles. The molecule has 0 aliphatic heterocycles. The highest BCUT2D eigenvalue weighted by molar-refractivity contribution is 7.99. The van der Waals surface area contributed by atoms with Gasteiger partial charge in [-0.25, -0.2) is 0 Å². The van der Waals surface area contributed by atoms with Crippen LogP contribution in [0.1, 0.15) is 11.1 Å². The third kappa shape index (κ3) is 3.93. The second-order valence-electron chi connectivity index (χ2n) is 5.49. The van der Waals surface area contributed by atoms with Gasteiger partial charge in [-0.3, -0.25) is 4.79 Å². The van der Waals surface area contributed by atoms with Gasteiger partial charge in [0.25, 0.3) is 0 Å². The third-order valence-electron chi connectivity index (χ3n) is 3.81. The third-order valence-corrected chi connectivity index (χ3v) is 4.77. The molecule has 3 heteroatoms. The molecule has 23 heavy (non-hydrogen) atoms. The summed E-state index contributed by atoms with van der Waals surface area (Å²) in [4.78, 5) is 12.0. The fourth-order valence-electron chi connectivity index (χ4n) is 2.60. The Morgan fingerprint density at radius 2 is 1.70 bits per heavy atom. The molecule has 0 aliphatic rings. The molecule has 0 saturated heterocycles. The summed E-state index contributed by atoms with van der Waals surface area (Å²) in [5.74, 6) is 1.34. The van der Waals surface area contributed by atoms with Crippen molar-refractivity contribution in [1.29, 1.82) is 0 Å². The van der Waals surface area contributed by atoms with Crippen molar-refractivity contribution in [2.45, 2.75) is 12.7 Å². The van der Waals surface area contributed by atoms with Crippen LogP contribution in [-0.4, -0.2) is 11.7 Å². The molecule has 0 aliphatic carbocycles. The standard InChI is InChI=1S/C20H19NOS/c1-15-11-12-16-7-5-6-10-18(16)19(15)13-23-14-20(22)21-17-8-3-2-4-9-17/h2-12H,13-14H2,1H3,(H,21,22). The summed E-state index contributed by atoms with van der Waals surface area (Å²) in [5, 5.41) is 5.45. The van der Waals surface area contributed by atoms with E-state index in [4.69, 9.17) is 0 Å². The Kier molecular flexibility index (Phi) is 4.99. The SMILES string of the molecule is Cc1ccc2ccccc2c1CSCC(=O)Nc1ccccc1. The summed E-state index contributed by atoms with van der Waals surface area (Å²) < 4.78 is 0. The zero-order valence-electron chi connectivity index (χ0n) is 13.1. The number of para-hydroxylation sites is 1. The maximum absolute atomic E-state index is 12.0. The second kappa shape index (κ2) is 7.34. The van der Waals surface area contributed by atoms with E-state index in [1.807, 2.05) is 30.3 Å². The summed E-state index contributed by atoms with van der Waals surface area (Å²) >= 11 is 1.65. The molecule has 0 radical (unpaired) electrons. The van der Waals surface area contributed by atoms with Crippen LogP contribution in [0.4, 0.5) is 5.69 Å². The molecule has 0 unspecified atom stereocenters. The van der Waals surface area contributed by atoms with E-state index in [0.717, 1.165) is 11.4 Å². The number of fused-ring (bicyclic) bond motifs is 1. The number of amides is 1. The first kappa shape index (κ1) is 15.6. The van der Waals surface area contributed by atoms with Crippen molar-refractivity contribution in [2.75, 3.05) is 11.1 Å². The van der Waals surface area contributed by atoms with E-state index in [-0.39, 0.29) is 5.91 Å². The largest absolute Gasteiger partial charge is 0.325 e. The maximum atomic E-state index is 12.0. The molecular formula is C20H19NOS. The number of benzene rings is 3. The van der Waals surface area contributed by atoms with Crippen molar-refractivity contribution in [2.24, 2.45) is 0 Å². The molecule has 0 atom stereocenters. The Hall–Kier alpha value is -2.26. The number of thioether (sulfide) groups is 1. The van der Waals surface area contributed by atoms with Crippen molar-refractivity contribution < 1.29 is 4.79 Å². The Morgan fingerprint density at radius 3 is 2.52 bits per heavy atom. The molecule has 0 fully saturated rings. The second-order valence-corrected chi connectivity index (χ2v) is 6.47. The Balaban J connectivity index is 1.63. The van der Waals surface area contributed by atoms with Crippen molar-refractivity contribution in [3.05, 3.63) is 77.9 Å². The number of hydrogen-bond donors (Lipinski definition) is 1. The average molecular weight is 321 g/mol.